The zero-order valence-electron chi connectivity index (χ0n) is 42.7. The molecule has 0 amide bonds. The predicted molar refractivity (Wildman–Crippen MR) is 333 cm³/mol. The Morgan fingerprint density at radius 2 is 0.506 bits per heavy atom. The van der Waals surface area contributed by atoms with E-state index in [4.69, 9.17) is 8.83 Å². The summed E-state index contributed by atoms with van der Waals surface area (Å²) in [5, 5.41) is 16.4. The van der Waals surface area contributed by atoms with Gasteiger partial charge in [-0.3, -0.25) is 0 Å². The molecular formula is C76H45NO2. The maximum Gasteiger partial charge on any atom is 0.143 e. The molecule has 3 aromatic heterocycles. The second-order valence-electron chi connectivity index (χ2n) is 21.2. The molecule has 0 aliphatic carbocycles. The van der Waals surface area contributed by atoms with Crippen LogP contribution >= 0.6 is 0 Å². The van der Waals surface area contributed by atoms with Crippen LogP contribution in [0.2, 0.25) is 0 Å². The van der Waals surface area contributed by atoms with Crippen LogP contribution in [0, 0.1) is 0 Å². The van der Waals surface area contributed by atoms with Crippen molar-refractivity contribution >= 4 is 109 Å². The molecule has 79 heavy (non-hydrogen) atoms. The van der Waals surface area contributed by atoms with Gasteiger partial charge in [-0.15, -0.1) is 0 Å². The molecule has 0 spiro atoms. The Morgan fingerprint density at radius 3 is 0.899 bits per heavy atom. The van der Waals surface area contributed by atoms with Crippen molar-refractivity contribution in [3.63, 3.8) is 0 Å². The lowest BCUT2D eigenvalue weighted by molar-refractivity contribution is 0.669. The number of hydrogen-bond donors (Lipinski definition) is 1. The molecule has 17 rings (SSSR count). The third-order valence-corrected chi connectivity index (χ3v) is 16.8. The molecule has 17 aromatic rings. The average Bonchev–Trinajstić information content (AvgIpc) is 4.43. The van der Waals surface area contributed by atoms with Gasteiger partial charge in [0, 0.05) is 54.5 Å². The van der Waals surface area contributed by atoms with Gasteiger partial charge in [0.25, 0.3) is 0 Å². The van der Waals surface area contributed by atoms with Crippen molar-refractivity contribution in [1.29, 1.82) is 0 Å². The molecule has 366 valence electrons. The van der Waals surface area contributed by atoms with E-state index in [1.807, 2.05) is 0 Å². The lowest BCUT2D eigenvalue weighted by Crippen LogP contribution is -1.86. The van der Waals surface area contributed by atoms with Crippen LogP contribution in [0.4, 0.5) is 0 Å². The summed E-state index contributed by atoms with van der Waals surface area (Å²) in [6.07, 6.45) is 0. The molecule has 14 aromatic carbocycles. The van der Waals surface area contributed by atoms with Gasteiger partial charge in [-0.1, -0.05) is 194 Å². The van der Waals surface area contributed by atoms with Crippen molar-refractivity contribution in [3.05, 3.63) is 267 Å². The minimum atomic E-state index is 0.862. The number of fused-ring (bicyclic) bond motifs is 13. The fraction of sp³-hybridized carbons (Fsp3) is 0. The molecule has 0 atom stereocenters. The van der Waals surface area contributed by atoms with Gasteiger partial charge in [-0.2, -0.15) is 0 Å². The van der Waals surface area contributed by atoms with Gasteiger partial charge >= 0.3 is 0 Å². The number of furan rings is 2. The lowest BCUT2D eigenvalue weighted by atomic mass is 9.91. The molecule has 0 bridgehead atoms. The zero-order chi connectivity index (χ0) is 51.7. The minimum Gasteiger partial charge on any atom is -0.455 e. The van der Waals surface area contributed by atoms with Crippen molar-refractivity contribution in [1.82, 2.24) is 4.98 Å². The maximum absolute atomic E-state index is 7.03. The van der Waals surface area contributed by atoms with Crippen molar-refractivity contribution < 1.29 is 8.83 Å². The van der Waals surface area contributed by atoms with Crippen LogP contribution in [-0.2, 0) is 0 Å². The summed E-state index contributed by atoms with van der Waals surface area (Å²) in [6.45, 7) is 0. The van der Waals surface area contributed by atoms with Crippen LogP contribution in [0.25, 0.3) is 176 Å². The zero-order valence-corrected chi connectivity index (χ0v) is 42.7. The number of nitrogens with one attached hydrogen (secondary N) is 1. The fourth-order valence-corrected chi connectivity index (χ4v) is 13.0. The first kappa shape index (κ1) is 43.7. The first-order valence-electron chi connectivity index (χ1n) is 27.1. The Hall–Kier alpha value is -10.5. The number of H-pyrrole nitrogens is 1. The number of aromatic nitrogens is 1. The number of benzene rings is 14. The molecule has 0 fully saturated rings. The van der Waals surface area contributed by atoms with E-state index in [1.165, 1.54) is 65.3 Å². The highest BCUT2D eigenvalue weighted by Gasteiger charge is 2.21. The van der Waals surface area contributed by atoms with E-state index in [0.717, 1.165) is 110 Å². The van der Waals surface area contributed by atoms with Gasteiger partial charge in [0.15, 0.2) is 0 Å². The monoisotopic (exact) mass is 1000 g/mol. The molecule has 0 unspecified atom stereocenters. The van der Waals surface area contributed by atoms with E-state index < -0.39 is 0 Å². The molecule has 3 heteroatoms. The second kappa shape index (κ2) is 17.0. The van der Waals surface area contributed by atoms with E-state index in [2.05, 4.69) is 272 Å². The fourth-order valence-electron chi connectivity index (χ4n) is 13.0. The van der Waals surface area contributed by atoms with E-state index in [-0.39, 0.29) is 0 Å². The Morgan fingerprint density at radius 1 is 0.203 bits per heavy atom. The first-order valence-corrected chi connectivity index (χ1v) is 27.1. The SMILES string of the molecule is c1ccc2c(-c3ccc4oc5c(-c6ccc7[nH]c8ccc(-c9cc(-c%10cccc%11ccccc%10%11)cc%10c9oc9ccc(-c%11cccc%12ccccc%11%12)cc9%10)cc8c7c6)cc(-c6cccc7ccccc67)cc5c4c3)cccc2c1. The van der Waals surface area contributed by atoms with E-state index in [1.54, 1.807) is 0 Å². The molecule has 3 nitrogen and oxygen atoms in total. The number of aromatic amines is 1. The van der Waals surface area contributed by atoms with Crippen molar-refractivity contribution in [3.8, 4) is 66.8 Å². The summed E-state index contributed by atoms with van der Waals surface area (Å²) in [5.41, 5.74) is 19.3. The van der Waals surface area contributed by atoms with Crippen molar-refractivity contribution in [2.45, 2.75) is 0 Å². The van der Waals surface area contributed by atoms with Gasteiger partial charge in [0.05, 0.1) is 0 Å². The highest BCUT2D eigenvalue weighted by molar-refractivity contribution is 6.18. The van der Waals surface area contributed by atoms with Crippen LogP contribution in [0.5, 0.6) is 0 Å². The van der Waals surface area contributed by atoms with Crippen LogP contribution in [-0.4, -0.2) is 4.98 Å². The Balaban J connectivity index is 0.871. The van der Waals surface area contributed by atoms with E-state index >= 15 is 0 Å². The molecular weight excluding hydrogens is 959 g/mol. The smallest absolute Gasteiger partial charge is 0.143 e. The summed E-state index contributed by atoms with van der Waals surface area (Å²) in [5.74, 6) is 0. The molecule has 0 saturated heterocycles. The largest absolute Gasteiger partial charge is 0.455 e. The van der Waals surface area contributed by atoms with Crippen LogP contribution in [0.15, 0.2) is 276 Å². The standard InChI is InChI=1S/C76H45NO2/c1-5-21-55-45(13-1)17-9-25-59(55)49-31-35-73-67(39-49)69-43-53(61-27-11-19-47-15-3-7-23-57(47)61)41-63(75(69)78-73)51-29-33-71-65(37-51)66-38-52(30-34-72(66)77-71)64-42-54(62-28-12-20-48-16-4-8-24-58(48)62)44-70-68-40-50(32-36-74(68)79-76(64)70)60-26-10-18-46-14-2-6-22-56(46)60/h1-44,77H. The van der Waals surface area contributed by atoms with Gasteiger partial charge in [-0.05, 0) is 172 Å². The normalized spacial score (nSPS) is 12.1. The molecule has 3 heterocycles. The highest BCUT2D eigenvalue weighted by atomic mass is 16.3. The quantitative estimate of drug-likeness (QED) is 0.180. The van der Waals surface area contributed by atoms with E-state index in [0.29, 0.717) is 0 Å². The molecule has 0 saturated carbocycles. The Bertz CT molecular complexity index is 5040. The third kappa shape index (κ3) is 6.86. The summed E-state index contributed by atoms with van der Waals surface area (Å²) in [6, 6.07) is 97.3. The predicted octanol–water partition coefficient (Wildman–Crippen LogP) is 21.7. The highest BCUT2D eigenvalue weighted by Crippen LogP contribution is 2.46. The summed E-state index contributed by atoms with van der Waals surface area (Å²) in [7, 11) is 0. The van der Waals surface area contributed by atoms with Gasteiger partial charge in [-0.25, -0.2) is 0 Å². The number of hydrogen-bond acceptors (Lipinski definition) is 2. The van der Waals surface area contributed by atoms with E-state index in [9.17, 15) is 0 Å². The van der Waals surface area contributed by atoms with Gasteiger partial charge in [0.1, 0.15) is 22.3 Å². The van der Waals surface area contributed by atoms with Crippen molar-refractivity contribution in [2.24, 2.45) is 0 Å². The number of rotatable bonds is 6. The minimum absolute atomic E-state index is 0.862. The van der Waals surface area contributed by atoms with Crippen LogP contribution in [0.1, 0.15) is 0 Å². The third-order valence-electron chi connectivity index (χ3n) is 16.8. The molecule has 1 N–H and O–H groups in total. The summed E-state index contributed by atoms with van der Waals surface area (Å²) < 4.78 is 14.1. The van der Waals surface area contributed by atoms with Gasteiger partial charge in [0.2, 0.25) is 0 Å². The second-order valence-corrected chi connectivity index (χ2v) is 21.2. The van der Waals surface area contributed by atoms with Gasteiger partial charge < -0.3 is 13.8 Å². The van der Waals surface area contributed by atoms with Crippen molar-refractivity contribution in [2.75, 3.05) is 0 Å². The Labute approximate surface area is 453 Å². The van der Waals surface area contributed by atoms with Crippen LogP contribution < -0.4 is 0 Å². The molecule has 0 aliphatic heterocycles. The molecule has 0 radical (unpaired) electrons. The summed E-state index contributed by atoms with van der Waals surface area (Å²) >= 11 is 0. The summed E-state index contributed by atoms with van der Waals surface area (Å²) in [4.78, 5) is 3.79. The lowest BCUT2D eigenvalue weighted by Gasteiger charge is -2.11. The maximum atomic E-state index is 7.03. The first-order chi connectivity index (χ1) is 39.1. The average molecular weight is 1000 g/mol. The van der Waals surface area contributed by atoms with Crippen LogP contribution in [0.3, 0.4) is 0 Å². The Kier molecular flexibility index (Phi) is 9.42. The topological polar surface area (TPSA) is 42.1 Å². The molecule has 0 aliphatic rings.